The van der Waals surface area contributed by atoms with Crippen LogP contribution in [0.3, 0.4) is 0 Å². The van der Waals surface area contributed by atoms with E-state index in [1.54, 1.807) is 12.5 Å². The second kappa shape index (κ2) is 3.78. The summed E-state index contributed by atoms with van der Waals surface area (Å²) in [5, 5.41) is 7.95. The number of hydrogen-bond acceptors (Lipinski definition) is 4. The maximum atomic E-state index is 5.64. The Bertz CT molecular complexity index is 474. The van der Waals surface area contributed by atoms with Crippen LogP contribution in [0.1, 0.15) is 17.0 Å². The Kier molecular flexibility index (Phi) is 2.47. The lowest BCUT2D eigenvalue weighted by atomic mass is 10.2. The molecule has 2 heterocycles. The molecule has 2 rings (SSSR count). The number of aromatic nitrogens is 4. The van der Waals surface area contributed by atoms with Gasteiger partial charge >= 0.3 is 0 Å². The number of imidazole rings is 1. The number of nitrogens with two attached hydrogens (primary N) is 1. The summed E-state index contributed by atoms with van der Waals surface area (Å²) in [6.07, 6.45) is 3.39. The van der Waals surface area contributed by atoms with Gasteiger partial charge in [-0.05, 0) is 19.9 Å². The Hall–Kier alpha value is -1.75. The van der Waals surface area contributed by atoms with Crippen molar-refractivity contribution in [2.75, 3.05) is 0 Å². The molecule has 0 unspecified atom stereocenters. The third-order valence-electron chi connectivity index (χ3n) is 2.48. The van der Waals surface area contributed by atoms with Crippen molar-refractivity contribution in [1.29, 1.82) is 0 Å². The summed E-state index contributed by atoms with van der Waals surface area (Å²) in [6.45, 7) is 4.41. The Labute approximate surface area is 88.0 Å². The van der Waals surface area contributed by atoms with Gasteiger partial charge in [-0.2, -0.15) is 5.10 Å². The molecular weight excluding hydrogens is 190 g/mol. The van der Waals surface area contributed by atoms with Gasteiger partial charge in [0.1, 0.15) is 6.33 Å². The van der Waals surface area contributed by atoms with E-state index in [2.05, 4.69) is 15.2 Å². The Morgan fingerprint density at radius 1 is 1.40 bits per heavy atom. The molecule has 2 aromatic rings. The number of aryl methyl sites for hydroxylation is 1. The van der Waals surface area contributed by atoms with E-state index in [-0.39, 0.29) is 0 Å². The molecule has 0 aliphatic heterocycles. The summed E-state index contributed by atoms with van der Waals surface area (Å²) >= 11 is 0. The molecule has 0 amide bonds. The minimum atomic E-state index is 0.446. The fraction of sp³-hybridized carbons (Fsp3) is 0.300. The highest BCUT2D eigenvalue weighted by Crippen LogP contribution is 2.14. The van der Waals surface area contributed by atoms with Crippen molar-refractivity contribution in [1.82, 2.24) is 19.7 Å². The number of nitrogens with zero attached hydrogens (tertiary/aromatic N) is 4. The molecule has 0 saturated heterocycles. The lowest BCUT2D eigenvalue weighted by molar-refractivity contribution is 0.852. The first-order valence-electron chi connectivity index (χ1n) is 4.75. The molecule has 5 nitrogen and oxygen atoms in total. The molecule has 0 spiro atoms. The molecule has 78 valence electrons. The van der Waals surface area contributed by atoms with Crippen molar-refractivity contribution in [2.45, 2.75) is 20.4 Å². The lowest BCUT2D eigenvalue weighted by Gasteiger charge is -2.07. The molecule has 2 N–H and O–H groups in total. The number of hydrogen-bond donors (Lipinski definition) is 1. The van der Waals surface area contributed by atoms with E-state index in [0.717, 1.165) is 22.8 Å². The van der Waals surface area contributed by atoms with Crippen LogP contribution in [0, 0.1) is 13.8 Å². The van der Waals surface area contributed by atoms with Gasteiger partial charge in [0.05, 0.1) is 11.9 Å². The maximum absolute atomic E-state index is 5.64. The minimum Gasteiger partial charge on any atom is -0.326 e. The summed E-state index contributed by atoms with van der Waals surface area (Å²) in [4.78, 5) is 4.22. The summed E-state index contributed by atoms with van der Waals surface area (Å²) in [5.41, 5.74) is 8.66. The van der Waals surface area contributed by atoms with E-state index in [9.17, 15) is 0 Å². The van der Waals surface area contributed by atoms with E-state index in [1.807, 2.05) is 24.5 Å². The van der Waals surface area contributed by atoms with E-state index in [4.69, 9.17) is 5.73 Å². The van der Waals surface area contributed by atoms with Crippen molar-refractivity contribution >= 4 is 0 Å². The fourth-order valence-electron chi connectivity index (χ4n) is 1.42. The van der Waals surface area contributed by atoms with Crippen LogP contribution in [0.4, 0.5) is 0 Å². The molecule has 0 fully saturated rings. The minimum absolute atomic E-state index is 0.446. The molecule has 0 saturated carbocycles. The summed E-state index contributed by atoms with van der Waals surface area (Å²) < 4.78 is 1.91. The molecule has 0 bridgehead atoms. The van der Waals surface area contributed by atoms with Gasteiger partial charge in [0.25, 0.3) is 0 Å². The van der Waals surface area contributed by atoms with E-state index < -0.39 is 0 Å². The largest absolute Gasteiger partial charge is 0.326 e. The molecule has 15 heavy (non-hydrogen) atoms. The monoisotopic (exact) mass is 203 g/mol. The third kappa shape index (κ3) is 1.61. The van der Waals surface area contributed by atoms with Crippen molar-refractivity contribution < 1.29 is 0 Å². The van der Waals surface area contributed by atoms with Crippen molar-refractivity contribution in [3.05, 3.63) is 35.5 Å². The molecule has 0 radical (unpaired) electrons. The Morgan fingerprint density at radius 3 is 2.80 bits per heavy atom. The first kappa shape index (κ1) is 9.79. The topological polar surface area (TPSA) is 69.6 Å². The van der Waals surface area contributed by atoms with Crippen LogP contribution >= 0.6 is 0 Å². The van der Waals surface area contributed by atoms with Crippen LogP contribution in [0.5, 0.6) is 0 Å². The van der Waals surface area contributed by atoms with Gasteiger partial charge in [0.2, 0.25) is 0 Å². The lowest BCUT2D eigenvalue weighted by Crippen LogP contribution is -2.08. The first-order valence-corrected chi connectivity index (χ1v) is 4.75. The highest BCUT2D eigenvalue weighted by atomic mass is 15.2. The van der Waals surface area contributed by atoms with Crippen LogP contribution in [-0.2, 0) is 6.54 Å². The Balaban J connectivity index is 2.58. The van der Waals surface area contributed by atoms with Crippen molar-refractivity contribution in [2.24, 2.45) is 5.73 Å². The predicted molar refractivity (Wildman–Crippen MR) is 56.5 cm³/mol. The van der Waals surface area contributed by atoms with E-state index >= 15 is 0 Å². The summed E-state index contributed by atoms with van der Waals surface area (Å²) in [5.74, 6) is 0.762. The zero-order valence-corrected chi connectivity index (χ0v) is 8.81. The standard InChI is InChI=1S/C10H13N5/c1-7-8(2)15(6-12-7)10-9(5-11)3-4-13-14-10/h3-4,6H,5,11H2,1-2H3. The van der Waals surface area contributed by atoms with Gasteiger partial charge in [-0.15, -0.1) is 5.10 Å². The van der Waals surface area contributed by atoms with Gasteiger partial charge in [-0.25, -0.2) is 4.98 Å². The molecule has 0 aliphatic rings. The highest BCUT2D eigenvalue weighted by Gasteiger charge is 2.09. The van der Waals surface area contributed by atoms with Crippen molar-refractivity contribution in [3.63, 3.8) is 0 Å². The molecular formula is C10H13N5. The highest BCUT2D eigenvalue weighted by molar-refractivity contribution is 5.34. The van der Waals surface area contributed by atoms with Gasteiger partial charge in [-0.3, -0.25) is 4.57 Å². The second-order valence-electron chi connectivity index (χ2n) is 3.37. The predicted octanol–water partition coefficient (Wildman–Crippen LogP) is 0.738. The quantitative estimate of drug-likeness (QED) is 0.781. The SMILES string of the molecule is Cc1ncn(-c2nnccc2CN)c1C. The second-order valence-corrected chi connectivity index (χ2v) is 3.37. The molecule has 0 aromatic carbocycles. The average Bonchev–Trinajstić information content (AvgIpc) is 2.60. The van der Waals surface area contributed by atoms with Crippen LogP contribution in [0.15, 0.2) is 18.6 Å². The average molecular weight is 203 g/mol. The zero-order valence-electron chi connectivity index (χ0n) is 8.81. The normalized spacial score (nSPS) is 10.6. The van der Waals surface area contributed by atoms with Gasteiger partial charge < -0.3 is 5.73 Å². The third-order valence-corrected chi connectivity index (χ3v) is 2.48. The smallest absolute Gasteiger partial charge is 0.165 e. The van der Waals surface area contributed by atoms with Gasteiger partial charge in [0.15, 0.2) is 5.82 Å². The van der Waals surface area contributed by atoms with Crippen LogP contribution in [0.25, 0.3) is 5.82 Å². The fourth-order valence-corrected chi connectivity index (χ4v) is 1.42. The van der Waals surface area contributed by atoms with Crippen LogP contribution < -0.4 is 5.73 Å². The first-order chi connectivity index (χ1) is 7.24. The number of rotatable bonds is 2. The molecule has 2 aromatic heterocycles. The van der Waals surface area contributed by atoms with Gasteiger partial charge in [0, 0.05) is 17.8 Å². The summed E-state index contributed by atoms with van der Waals surface area (Å²) in [6, 6.07) is 1.87. The molecule has 0 aliphatic carbocycles. The van der Waals surface area contributed by atoms with Crippen LogP contribution in [-0.4, -0.2) is 19.7 Å². The van der Waals surface area contributed by atoms with E-state index in [0.29, 0.717) is 6.54 Å². The van der Waals surface area contributed by atoms with Crippen molar-refractivity contribution in [3.8, 4) is 5.82 Å². The van der Waals surface area contributed by atoms with Gasteiger partial charge in [-0.1, -0.05) is 0 Å². The molecule has 0 atom stereocenters. The van der Waals surface area contributed by atoms with Crippen LogP contribution in [0.2, 0.25) is 0 Å². The van der Waals surface area contributed by atoms with E-state index in [1.165, 1.54) is 0 Å². The maximum Gasteiger partial charge on any atom is 0.165 e. The zero-order chi connectivity index (χ0) is 10.8. The molecule has 5 heteroatoms. The summed E-state index contributed by atoms with van der Waals surface area (Å²) in [7, 11) is 0. The Morgan fingerprint density at radius 2 is 2.20 bits per heavy atom.